The molecule has 0 saturated carbocycles. The molecule has 1 aliphatic heterocycles. The lowest BCUT2D eigenvalue weighted by atomic mass is 10.2. The van der Waals surface area contributed by atoms with Gasteiger partial charge in [0, 0.05) is 0 Å². The van der Waals surface area contributed by atoms with E-state index in [1.807, 2.05) is 12.1 Å². The van der Waals surface area contributed by atoms with Gasteiger partial charge in [0.1, 0.15) is 13.1 Å². The third kappa shape index (κ3) is 3.81. The number of rotatable bonds is 5. The predicted molar refractivity (Wildman–Crippen MR) is 65.8 cm³/mol. The number of sulfonamides is 1. The largest absolute Gasteiger partial charge is 0.463 e. The monoisotopic (exact) mass is 275 g/mol. The number of hydrogen-bond donors (Lipinski definition) is 2. The van der Waals surface area contributed by atoms with Crippen molar-refractivity contribution in [2.24, 2.45) is 0 Å². The van der Waals surface area contributed by atoms with E-state index in [9.17, 15) is 8.42 Å². The number of nitrogens with one attached hydrogen (secondary N) is 2. The SMILES string of the molecule is CS(=O)(=O)NC[C@H](c1ccco1)[NH+]1CCOCC1. The van der Waals surface area contributed by atoms with Crippen molar-refractivity contribution < 1.29 is 22.5 Å². The van der Waals surface area contributed by atoms with Crippen molar-refractivity contribution in [3.8, 4) is 0 Å². The number of ether oxygens (including phenoxy) is 1. The molecule has 1 aromatic heterocycles. The molecule has 102 valence electrons. The van der Waals surface area contributed by atoms with Gasteiger partial charge in [0.2, 0.25) is 10.0 Å². The van der Waals surface area contributed by atoms with Crippen LogP contribution in [0.3, 0.4) is 0 Å². The molecule has 0 unspecified atom stereocenters. The van der Waals surface area contributed by atoms with Crippen molar-refractivity contribution in [2.75, 3.05) is 39.1 Å². The molecule has 18 heavy (non-hydrogen) atoms. The second-order valence-electron chi connectivity index (χ2n) is 4.46. The topological polar surface area (TPSA) is 73.0 Å². The van der Waals surface area contributed by atoms with Crippen molar-refractivity contribution in [1.29, 1.82) is 0 Å². The van der Waals surface area contributed by atoms with E-state index in [0.717, 1.165) is 18.8 Å². The minimum atomic E-state index is -3.19. The Hall–Kier alpha value is -0.890. The molecule has 2 N–H and O–H groups in total. The van der Waals surface area contributed by atoms with Crippen LogP contribution in [0.15, 0.2) is 22.8 Å². The first kappa shape index (κ1) is 13.5. The third-order valence-corrected chi connectivity index (χ3v) is 3.76. The van der Waals surface area contributed by atoms with E-state index in [1.165, 1.54) is 11.2 Å². The molecule has 0 radical (unpaired) electrons. The van der Waals surface area contributed by atoms with Gasteiger partial charge < -0.3 is 14.1 Å². The average Bonchev–Trinajstić information content (AvgIpc) is 2.83. The Morgan fingerprint density at radius 1 is 1.44 bits per heavy atom. The number of morpholine rings is 1. The molecular formula is C11H19N2O4S+. The Balaban J connectivity index is 2.07. The maximum atomic E-state index is 11.2. The molecular weight excluding hydrogens is 256 g/mol. The summed E-state index contributed by atoms with van der Waals surface area (Å²) in [6.45, 7) is 3.46. The van der Waals surface area contributed by atoms with Gasteiger partial charge in [0.15, 0.2) is 11.8 Å². The summed E-state index contributed by atoms with van der Waals surface area (Å²) in [7, 11) is -3.19. The molecule has 1 atom stereocenters. The van der Waals surface area contributed by atoms with E-state index in [4.69, 9.17) is 9.15 Å². The Morgan fingerprint density at radius 3 is 2.72 bits per heavy atom. The van der Waals surface area contributed by atoms with Crippen LogP contribution in [0.2, 0.25) is 0 Å². The molecule has 2 rings (SSSR count). The quantitative estimate of drug-likeness (QED) is 0.707. The molecule has 1 saturated heterocycles. The van der Waals surface area contributed by atoms with Gasteiger partial charge in [0.25, 0.3) is 0 Å². The smallest absolute Gasteiger partial charge is 0.208 e. The number of furan rings is 1. The van der Waals surface area contributed by atoms with Crippen LogP contribution in [0.1, 0.15) is 11.8 Å². The highest BCUT2D eigenvalue weighted by molar-refractivity contribution is 7.88. The summed E-state index contributed by atoms with van der Waals surface area (Å²) in [4.78, 5) is 1.28. The van der Waals surface area contributed by atoms with Crippen LogP contribution in [0.4, 0.5) is 0 Å². The van der Waals surface area contributed by atoms with Crippen molar-refractivity contribution >= 4 is 10.0 Å². The van der Waals surface area contributed by atoms with E-state index in [1.54, 1.807) is 6.26 Å². The van der Waals surface area contributed by atoms with Crippen molar-refractivity contribution in [3.05, 3.63) is 24.2 Å². The lowest BCUT2D eigenvalue weighted by molar-refractivity contribution is -0.938. The fraction of sp³-hybridized carbons (Fsp3) is 0.636. The molecule has 1 fully saturated rings. The summed E-state index contributed by atoms with van der Waals surface area (Å²) in [6.07, 6.45) is 2.78. The fourth-order valence-electron chi connectivity index (χ4n) is 2.15. The van der Waals surface area contributed by atoms with E-state index >= 15 is 0 Å². The van der Waals surface area contributed by atoms with Crippen LogP contribution in [0.5, 0.6) is 0 Å². The van der Waals surface area contributed by atoms with Gasteiger partial charge in [-0.15, -0.1) is 0 Å². The molecule has 0 bridgehead atoms. The molecule has 2 heterocycles. The average molecular weight is 275 g/mol. The summed E-state index contributed by atoms with van der Waals surface area (Å²) in [6, 6.07) is 3.71. The second-order valence-corrected chi connectivity index (χ2v) is 6.29. The Bertz CT molecular complexity index is 451. The summed E-state index contributed by atoms with van der Waals surface area (Å²) in [5.74, 6) is 0.808. The molecule has 1 aliphatic rings. The van der Waals surface area contributed by atoms with Gasteiger partial charge in [-0.1, -0.05) is 0 Å². The lowest BCUT2D eigenvalue weighted by Gasteiger charge is -2.30. The Morgan fingerprint density at radius 2 is 2.17 bits per heavy atom. The minimum absolute atomic E-state index is 0.00127. The molecule has 0 amide bonds. The van der Waals surface area contributed by atoms with Gasteiger partial charge >= 0.3 is 0 Å². The Labute approximate surface area is 107 Å². The summed E-state index contributed by atoms with van der Waals surface area (Å²) in [5.41, 5.74) is 0. The highest BCUT2D eigenvalue weighted by Gasteiger charge is 2.29. The maximum absolute atomic E-state index is 11.2. The maximum Gasteiger partial charge on any atom is 0.208 e. The first-order valence-electron chi connectivity index (χ1n) is 5.96. The summed E-state index contributed by atoms with van der Waals surface area (Å²) in [5, 5.41) is 0. The van der Waals surface area contributed by atoms with Crippen LogP contribution in [-0.4, -0.2) is 47.5 Å². The van der Waals surface area contributed by atoms with Crippen LogP contribution in [0.25, 0.3) is 0 Å². The zero-order chi connectivity index (χ0) is 13.0. The van der Waals surface area contributed by atoms with Crippen LogP contribution in [0, 0.1) is 0 Å². The van der Waals surface area contributed by atoms with Crippen LogP contribution in [-0.2, 0) is 14.8 Å². The fourth-order valence-corrected chi connectivity index (χ4v) is 2.62. The predicted octanol–water partition coefficient (Wildman–Crippen LogP) is -1.21. The van der Waals surface area contributed by atoms with Crippen molar-refractivity contribution in [3.63, 3.8) is 0 Å². The summed E-state index contributed by atoms with van der Waals surface area (Å²) >= 11 is 0. The van der Waals surface area contributed by atoms with Crippen LogP contribution >= 0.6 is 0 Å². The van der Waals surface area contributed by atoms with E-state index in [-0.39, 0.29) is 6.04 Å². The zero-order valence-corrected chi connectivity index (χ0v) is 11.2. The molecule has 1 aromatic rings. The molecule has 0 aromatic carbocycles. The van der Waals surface area contributed by atoms with Gasteiger partial charge in [0.05, 0.1) is 32.3 Å². The van der Waals surface area contributed by atoms with E-state index < -0.39 is 10.0 Å². The molecule has 0 aliphatic carbocycles. The molecule has 0 spiro atoms. The first-order valence-corrected chi connectivity index (χ1v) is 7.86. The lowest BCUT2D eigenvalue weighted by Crippen LogP contribution is -3.15. The van der Waals surface area contributed by atoms with Gasteiger partial charge in [-0.3, -0.25) is 0 Å². The highest BCUT2D eigenvalue weighted by Crippen LogP contribution is 2.10. The number of hydrogen-bond acceptors (Lipinski definition) is 4. The van der Waals surface area contributed by atoms with Crippen molar-refractivity contribution in [1.82, 2.24) is 4.72 Å². The first-order chi connectivity index (χ1) is 8.56. The Kier molecular flexibility index (Phi) is 4.39. The van der Waals surface area contributed by atoms with Gasteiger partial charge in [-0.05, 0) is 12.1 Å². The molecule has 6 nitrogen and oxygen atoms in total. The van der Waals surface area contributed by atoms with E-state index in [0.29, 0.717) is 19.8 Å². The normalized spacial score (nSPS) is 19.8. The van der Waals surface area contributed by atoms with E-state index in [2.05, 4.69) is 4.72 Å². The third-order valence-electron chi connectivity index (χ3n) is 3.06. The zero-order valence-electron chi connectivity index (χ0n) is 10.4. The summed E-state index contributed by atoms with van der Waals surface area (Å²) < 4.78 is 35.7. The highest BCUT2D eigenvalue weighted by atomic mass is 32.2. The van der Waals surface area contributed by atoms with Gasteiger partial charge in [-0.25, -0.2) is 13.1 Å². The second kappa shape index (κ2) is 5.83. The number of quaternary nitrogens is 1. The van der Waals surface area contributed by atoms with Gasteiger partial charge in [-0.2, -0.15) is 0 Å². The minimum Gasteiger partial charge on any atom is -0.463 e. The van der Waals surface area contributed by atoms with Crippen molar-refractivity contribution in [2.45, 2.75) is 6.04 Å². The standard InChI is InChI=1S/C11H18N2O4S/c1-18(14,15)12-9-10(11-3-2-6-17-11)13-4-7-16-8-5-13/h2-3,6,10,12H,4-5,7-9H2,1H3/p+1/t10-/m1/s1. The molecule has 7 heteroatoms. The van der Waals surface area contributed by atoms with Crippen LogP contribution < -0.4 is 9.62 Å².